The van der Waals surface area contributed by atoms with Crippen molar-refractivity contribution in [2.24, 2.45) is 0 Å². The van der Waals surface area contributed by atoms with Gasteiger partial charge in [-0.2, -0.15) is 8.75 Å². The number of hydrogen-bond acceptors (Lipinski definition) is 4. The minimum atomic E-state index is 0.490. The Balaban J connectivity index is 2.48. The number of rotatable bonds is 1. The summed E-state index contributed by atoms with van der Waals surface area (Å²) < 4.78 is 10.7. The summed E-state index contributed by atoms with van der Waals surface area (Å²) in [5, 5.41) is 0.982. The van der Waals surface area contributed by atoms with Gasteiger partial charge in [-0.3, -0.25) is 4.57 Å². The van der Waals surface area contributed by atoms with Gasteiger partial charge in [0.25, 0.3) is 0 Å². The normalized spacial score (nSPS) is 11.2. The van der Waals surface area contributed by atoms with Crippen molar-refractivity contribution in [2.75, 3.05) is 0 Å². The maximum atomic E-state index is 6.20. The Labute approximate surface area is 115 Å². The molecule has 0 saturated carbocycles. The molecule has 0 aliphatic carbocycles. The summed E-state index contributed by atoms with van der Waals surface area (Å²) in [5.41, 5.74) is 1.99. The molecule has 0 aliphatic heterocycles. The number of benzene rings is 1. The van der Waals surface area contributed by atoms with E-state index in [-0.39, 0.29) is 0 Å². The van der Waals surface area contributed by atoms with E-state index in [1.54, 1.807) is 23.0 Å². The summed E-state index contributed by atoms with van der Waals surface area (Å²) in [4.78, 5) is 2.91. The van der Waals surface area contributed by atoms with Gasteiger partial charge in [-0.15, -0.1) is 0 Å². The maximum absolute atomic E-state index is 6.20. The van der Waals surface area contributed by atoms with Gasteiger partial charge in [0.05, 0.1) is 27.5 Å². The number of nitrogens with one attached hydrogen (secondary N) is 1. The SMILES string of the molecule is S=c1[nH]ccn1-c1c(Cl)cc(Cl)c2nsnc12. The van der Waals surface area contributed by atoms with E-state index in [4.69, 9.17) is 35.4 Å². The lowest BCUT2D eigenvalue weighted by Gasteiger charge is -2.06. The van der Waals surface area contributed by atoms with Crippen molar-refractivity contribution in [1.82, 2.24) is 18.3 Å². The van der Waals surface area contributed by atoms with Crippen molar-refractivity contribution in [3.05, 3.63) is 33.3 Å². The molecule has 3 aromatic rings. The van der Waals surface area contributed by atoms with Gasteiger partial charge < -0.3 is 4.98 Å². The predicted molar refractivity (Wildman–Crippen MR) is 71.9 cm³/mol. The number of H-pyrrole nitrogens is 1. The molecule has 0 saturated heterocycles. The third-order valence-electron chi connectivity index (χ3n) is 2.31. The Morgan fingerprint density at radius 2 is 2.00 bits per heavy atom. The van der Waals surface area contributed by atoms with E-state index >= 15 is 0 Å². The quantitative estimate of drug-likeness (QED) is 0.695. The highest BCUT2D eigenvalue weighted by Gasteiger charge is 2.15. The fourth-order valence-electron chi connectivity index (χ4n) is 1.59. The molecule has 1 aromatic carbocycles. The summed E-state index contributed by atoms with van der Waals surface area (Å²) in [7, 11) is 0. The highest BCUT2D eigenvalue weighted by Crippen LogP contribution is 2.33. The summed E-state index contributed by atoms with van der Waals surface area (Å²) >= 11 is 18.5. The number of aromatic nitrogens is 4. The first kappa shape index (κ1) is 11.2. The van der Waals surface area contributed by atoms with Crippen LogP contribution in [0.15, 0.2) is 18.5 Å². The summed E-state index contributed by atoms with van der Waals surface area (Å²) in [5.74, 6) is 0. The molecule has 0 aliphatic rings. The molecule has 0 amide bonds. The minimum absolute atomic E-state index is 0.490. The number of aromatic amines is 1. The first-order valence-electron chi connectivity index (χ1n) is 4.55. The van der Waals surface area contributed by atoms with E-state index in [9.17, 15) is 0 Å². The number of fused-ring (bicyclic) bond motifs is 1. The van der Waals surface area contributed by atoms with Crippen LogP contribution in [-0.2, 0) is 0 Å². The van der Waals surface area contributed by atoms with Gasteiger partial charge in [-0.05, 0) is 18.3 Å². The van der Waals surface area contributed by atoms with Crippen molar-refractivity contribution in [2.45, 2.75) is 0 Å². The molecule has 4 nitrogen and oxygen atoms in total. The third-order valence-corrected chi connectivity index (χ3v) is 3.73. The van der Waals surface area contributed by atoms with Crippen LogP contribution in [0.4, 0.5) is 0 Å². The molecular weight excluding hydrogens is 299 g/mol. The fraction of sp³-hybridized carbons (Fsp3) is 0. The summed E-state index contributed by atoms with van der Waals surface area (Å²) in [6.45, 7) is 0. The molecule has 0 atom stereocenters. The van der Waals surface area contributed by atoms with Crippen molar-refractivity contribution in [3.8, 4) is 5.69 Å². The van der Waals surface area contributed by atoms with Crippen molar-refractivity contribution < 1.29 is 0 Å². The van der Waals surface area contributed by atoms with Crippen LogP contribution in [0.3, 0.4) is 0 Å². The second-order valence-corrected chi connectivity index (χ2v) is 5.02. The van der Waals surface area contributed by atoms with Gasteiger partial charge in [-0.25, -0.2) is 0 Å². The Hall–Kier alpha value is -0.950. The first-order valence-corrected chi connectivity index (χ1v) is 6.44. The monoisotopic (exact) mass is 302 g/mol. The van der Waals surface area contributed by atoms with Crippen molar-refractivity contribution >= 4 is 58.2 Å². The summed E-state index contributed by atoms with van der Waals surface area (Å²) in [6, 6.07) is 1.65. The van der Waals surface area contributed by atoms with Crippen molar-refractivity contribution in [3.63, 3.8) is 0 Å². The standard InChI is InChI=1S/C9H4Cl2N4S2/c10-4-3-5(11)8(7-6(4)13-17-14-7)15-2-1-12-9(15)16/h1-3H,(H,12,16). The van der Waals surface area contributed by atoms with Crippen LogP contribution in [0.2, 0.25) is 10.0 Å². The lowest BCUT2D eigenvalue weighted by atomic mass is 10.2. The van der Waals surface area contributed by atoms with Crippen LogP contribution < -0.4 is 0 Å². The molecule has 0 spiro atoms. The van der Waals surface area contributed by atoms with Gasteiger partial charge >= 0.3 is 0 Å². The van der Waals surface area contributed by atoms with E-state index in [0.717, 1.165) is 11.7 Å². The molecule has 0 fully saturated rings. The molecule has 8 heteroatoms. The lowest BCUT2D eigenvalue weighted by Crippen LogP contribution is -1.95. The Morgan fingerprint density at radius 1 is 1.24 bits per heavy atom. The Kier molecular flexibility index (Phi) is 2.67. The molecular formula is C9H4Cl2N4S2. The molecule has 17 heavy (non-hydrogen) atoms. The zero-order valence-electron chi connectivity index (χ0n) is 8.15. The number of halogens is 2. The Bertz CT molecular complexity index is 758. The van der Waals surface area contributed by atoms with Crippen LogP contribution >= 0.6 is 47.1 Å². The average molecular weight is 303 g/mol. The summed E-state index contributed by atoms with van der Waals surface area (Å²) in [6.07, 6.45) is 3.52. The third kappa shape index (κ3) is 1.68. The largest absolute Gasteiger partial charge is 0.337 e. The van der Waals surface area contributed by atoms with Gasteiger partial charge in [0.2, 0.25) is 0 Å². The number of nitrogens with zero attached hydrogens (tertiary/aromatic N) is 3. The minimum Gasteiger partial charge on any atom is -0.337 e. The highest BCUT2D eigenvalue weighted by atomic mass is 35.5. The average Bonchev–Trinajstić information content (AvgIpc) is 2.88. The van der Waals surface area contributed by atoms with E-state index in [1.807, 2.05) is 0 Å². The topological polar surface area (TPSA) is 46.5 Å². The van der Waals surface area contributed by atoms with Crippen LogP contribution in [0.1, 0.15) is 0 Å². The van der Waals surface area contributed by atoms with Crippen LogP contribution in [0, 0.1) is 4.77 Å². The molecule has 86 valence electrons. The highest BCUT2D eigenvalue weighted by molar-refractivity contribution is 7.71. The van der Waals surface area contributed by atoms with Crippen molar-refractivity contribution in [1.29, 1.82) is 0 Å². The molecule has 3 rings (SSSR count). The van der Waals surface area contributed by atoms with Gasteiger partial charge in [0, 0.05) is 12.4 Å². The first-order chi connectivity index (χ1) is 8.18. The van der Waals surface area contributed by atoms with Gasteiger partial charge in [0.1, 0.15) is 11.0 Å². The second-order valence-electron chi connectivity index (χ2n) is 3.29. The predicted octanol–water partition coefficient (Wildman–Crippen LogP) is 3.85. The molecule has 1 N–H and O–H groups in total. The zero-order chi connectivity index (χ0) is 12.0. The van der Waals surface area contributed by atoms with Gasteiger partial charge in [-0.1, -0.05) is 23.2 Å². The van der Waals surface area contributed by atoms with Gasteiger partial charge in [0.15, 0.2) is 4.77 Å². The van der Waals surface area contributed by atoms with E-state index in [0.29, 0.717) is 31.5 Å². The smallest absolute Gasteiger partial charge is 0.181 e. The van der Waals surface area contributed by atoms with Crippen LogP contribution in [0.5, 0.6) is 0 Å². The zero-order valence-corrected chi connectivity index (χ0v) is 11.3. The molecule has 0 bridgehead atoms. The maximum Gasteiger partial charge on any atom is 0.181 e. The fourth-order valence-corrected chi connectivity index (χ4v) is 3.01. The van der Waals surface area contributed by atoms with E-state index in [1.165, 1.54) is 0 Å². The van der Waals surface area contributed by atoms with Crippen LogP contribution in [-0.4, -0.2) is 18.3 Å². The second kappa shape index (κ2) is 4.06. The molecule has 0 unspecified atom stereocenters. The van der Waals surface area contributed by atoms with E-state index < -0.39 is 0 Å². The van der Waals surface area contributed by atoms with Crippen LogP contribution in [0.25, 0.3) is 16.7 Å². The lowest BCUT2D eigenvalue weighted by molar-refractivity contribution is 1.04. The Morgan fingerprint density at radius 3 is 2.71 bits per heavy atom. The number of hydrogen-bond donors (Lipinski definition) is 1. The number of imidazole rings is 1. The van der Waals surface area contributed by atoms with E-state index in [2.05, 4.69) is 13.7 Å². The molecule has 2 aromatic heterocycles. The molecule has 2 heterocycles. The molecule has 0 radical (unpaired) electrons.